The molecule has 12 heteroatoms. The summed E-state index contributed by atoms with van der Waals surface area (Å²) in [5.74, 6) is -4.64. The van der Waals surface area contributed by atoms with Gasteiger partial charge in [0.15, 0.2) is 0 Å². The summed E-state index contributed by atoms with van der Waals surface area (Å²) in [4.78, 5) is 114. The second-order valence-corrected chi connectivity index (χ2v) is 12.3. The van der Waals surface area contributed by atoms with Gasteiger partial charge in [-0.25, -0.2) is 0 Å². The first kappa shape index (κ1) is 27.3. The molecule has 0 unspecified atom stereocenters. The van der Waals surface area contributed by atoms with Crippen LogP contribution in [-0.2, 0) is 0 Å². The third-order valence-corrected chi connectivity index (χ3v) is 9.90. The standard InChI is InChI=1S/C35H22N4O8/c40-28-16-4-8-20-26-21-9-5-17(24(16)26)29(41)36(28)12-1-2-13-37-30(42)18-6-10-22-27-23(11-7-19(25(18)27)31(37)43)35(47)39(34(22)46)15-3-14-38(32(20)44)33(21)45/h4-11H,1-3,12-15H2. The van der Waals surface area contributed by atoms with Crippen LogP contribution in [0.2, 0.25) is 0 Å². The van der Waals surface area contributed by atoms with Gasteiger partial charge in [0.1, 0.15) is 0 Å². The predicted molar refractivity (Wildman–Crippen MR) is 163 cm³/mol. The van der Waals surface area contributed by atoms with Crippen molar-refractivity contribution in [2.24, 2.45) is 0 Å². The zero-order valence-electron chi connectivity index (χ0n) is 24.6. The van der Waals surface area contributed by atoms with E-state index in [4.69, 9.17) is 0 Å². The quantitative estimate of drug-likeness (QED) is 0.270. The molecule has 12 nitrogen and oxygen atoms in total. The van der Waals surface area contributed by atoms with Gasteiger partial charge in [-0.2, -0.15) is 0 Å². The van der Waals surface area contributed by atoms with E-state index in [1.165, 1.54) is 48.5 Å². The molecule has 47 heavy (non-hydrogen) atoms. The third kappa shape index (κ3) is 3.36. The van der Waals surface area contributed by atoms with Gasteiger partial charge in [0.05, 0.1) is 0 Å². The summed E-state index contributed by atoms with van der Waals surface area (Å²) in [6.07, 6.45) is 0.651. The lowest BCUT2D eigenvalue weighted by Gasteiger charge is -2.32. The fourth-order valence-corrected chi connectivity index (χ4v) is 7.69. The first-order chi connectivity index (χ1) is 22.7. The minimum Gasteiger partial charge on any atom is -0.274 e. The number of amides is 8. The Labute approximate surface area is 265 Å². The van der Waals surface area contributed by atoms with Crippen molar-refractivity contribution < 1.29 is 38.4 Å². The Morgan fingerprint density at radius 2 is 0.447 bits per heavy atom. The molecule has 0 aromatic heterocycles. The number of carbonyl (C=O) groups is 8. The van der Waals surface area contributed by atoms with Crippen LogP contribution in [0.4, 0.5) is 0 Å². The van der Waals surface area contributed by atoms with E-state index in [9.17, 15) is 38.4 Å². The highest BCUT2D eigenvalue weighted by atomic mass is 16.2. The maximum atomic E-state index is 13.7. The van der Waals surface area contributed by atoms with Crippen LogP contribution in [0.15, 0.2) is 48.5 Å². The van der Waals surface area contributed by atoms with E-state index in [0.717, 1.165) is 19.6 Å². The van der Waals surface area contributed by atoms with Crippen LogP contribution in [-0.4, -0.2) is 93.0 Å². The number of rotatable bonds is 0. The first-order valence-corrected chi connectivity index (χ1v) is 15.3. The Balaban J connectivity index is 1.17. The number of carbonyl (C=O) groups excluding carboxylic acids is 8. The molecule has 0 fully saturated rings. The van der Waals surface area contributed by atoms with E-state index < -0.39 is 47.3 Å². The van der Waals surface area contributed by atoms with E-state index in [0.29, 0.717) is 0 Å². The van der Waals surface area contributed by atoms with Gasteiger partial charge in [-0.3, -0.25) is 58.0 Å². The molecule has 0 spiro atoms. The van der Waals surface area contributed by atoms with Crippen LogP contribution in [0, 0.1) is 0 Å². The molecule has 15 heterocycles. The van der Waals surface area contributed by atoms with Crippen LogP contribution in [0.1, 0.15) is 102 Å². The smallest absolute Gasteiger partial charge is 0.261 e. The summed E-state index contributed by atoms with van der Waals surface area (Å²) >= 11 is 0. The second kappa shape index (κ2) is 9.25. The molecule has 0 N–H and O–H groups in total. The highest BCUT2D eigenvalue weighted by Crippen LogP contribution is 2.40. The maximum Gasteiger partial charge on any atom is 0.261 e. The topological polar surface area (TPSA) is 150 Å². The van der Waals surface area contributed by atoms with Gasteiger partial charge in [0, 0.05) is 92.2 Å². The van der Waals surface area contributed by atoms with Crippen LogP contribution >= 0.6 is 0 Å². The van der Waals surface area contributed by atoms with Crippen LogP contribution in [0.5, 0.6) is 0 Å². The maximum absolute atomic E-state index is 13.7. The van der Waals surface area contributed by atoms with Crippen molar-refractivity contribution in [3.63, 3.8) is 0 Å². The van der Waals surface area contributed by atoms with E-state index in [1.807, 2.05) is 0 Å². The SMILES string of the molecule is O=C1c2ccc3c4c5ccc(c24)C(=O)N1CCCCN1C(=O)c2ccc4c6c(ccc(c26)C1=O)C(=O)N(CCCN(C3=O)C5=O)C4=O. The Kier molecular flexibility index (Phi) is 5.37. The molecule has 230 valence electrons. The number of hydrogen-bond acceptors (Lipinski definition) is 8. The Bertz CT molecular complexity index is 2020. The molecule has 0 saturated heterocycles. The van der Waals surface area contributed by atoms with Crippen molar-refractivity contribution >= 4 is 68.8 Å². The molecule has 19 rings (SSSR count). The summed E-state index contributed by atoms with van der Waals surface area (Å²) in [7, 11) is 0. The minimum atomic E-state index is -0.601. The van der Waals surface area contributed by atoms with Crippen LogP contribution < -0.4 is 0 Å². The van der Waals surface area contributed by atoms with E-state index in [1.54, 1.807) is 0 Å². The lowest BCUT2D eigenvalue weighted by molar-refractivity contribution is 0.0564. The van der Waals surface area contributed by atoms with E-state index >= 15 is 0 Å². The average Bonchev–Trinajstić information content (AvgIpc) is 3.07. The normalized spacial score (nSPS) is 19.1. The van der Waals surface area contributed by atoms with Crippen molar-refractivity contribution in [3.05, 3.63) is 93.0 Å². The van der Waals surface area contributed by atoms with Gasteiger partial charge in [-0.05, 0) is 67.8 Å². The lowest BCUT2D eigenvalue weighted by Crippen LogP contribution is -2.45. The Morgan fingerprint density at radius 3 is 0.638 bits per heavy atom. The van der Waals surface area contributed by atoms with Crippen LogP contribution in [0.3, 0.4) is 0 Å². The largest absolute Gasteiger partial charge is 0.274 e. The Hall–Kier alpha value is -6.04. The van der Waals surface area contributed by atoms with Gasteiger partial charge in [0.2, 0.25) is 0 Å². The molecule has 4 aromatic rings. The number of hydrogen-bond donors (Lipinski definition) is 0. The van der Waals surface area contributed by atoms with Crippen molar-refractivity contribution in [1.82, 2.24) is 19.6 Å². The van der Waals surface area contributed by atoms with Gasteiger partial charge in [-0.1, -0.05) is 0 Å². The molecular weight excluding hydrogens is 604 g/mol. The number of benzene rings is 4. The van der Waals surface area contributed by atoms with Gasteiger partial charge in [-0.15, -0.1) is 0 Å². The summed E-state index contributed by atoms with van der Waals surface area (Å²) in [6, 6.07) is 11.9. The fourth-order valence-electron chi connectivity index (χ4n) is 7.69. The second-order valence-electron chi connectivity index (χ2n) is 12.3. The molecule has 15 aliphatic rings. The van der Waals surface area contributed by atoms with Gasteiger partial charge >= 0.3 is 0 Å². The summed E-state index contributed by atoms with van der Waals surface area (Å²) < 4.78 is 0. The monoisotopic (exact) mass is 626 g/mol. The third-order valence-electron chi connectivity index (χ3n) is 9.90. The fraction of sp³-hybridized carbons (Fsp3) is 0.200. The molecule has 0 atom stereocenters. The Morgan fingerprint density at radius 1 is 0.277 bits per heavy atom. The zero-order valence-corrected chi connectivity index (χ0v) is 24.6. The highest BCUT2D eigenvalue weighted by molar-refractivity contribution is 6.34. The van der Waals surface area contributed by atoms with Gasteiger partial charge < -0.3 is 0 Å². The van der Waals surface area contributed by atoms with Crippen molar-refractivity contribution in [3.8, 4) is 0 Å². The summed E-state index contributed by atoms with van der Waals surface area (Å²) in [5.41, 5.74) is 1.50. The molecule has 15 aliphatic heterocycles. The predicted octanol–water partition coefficient (Wildman–Crippen LogP) is 3.26. The van der Waals surface area contributed by atoms with E-state index in [2.05, 4.69) is 0 Å². The molecular formula is C35H22N4O8. The van der Waals surface area contributed by atoms with E-state index in [-0.39, 0.29) is 111 Å². The molecule has 0 aliphatic carbocycles. The van der Waals surface area contributed by atoms with Crippen molar-refractivity contribution in [1.29, 1.82) is 0 Å². The zero-order chi connectivity index (χ0) is 32.5. The molecule has 16 bridgehead atoms. The van der Waals surface area contributed by atoms with Crippen molar-refractivity contribution in [2.75, 3.05) is 26.2 Å². The molecule has 0 radical (unpaired) electrons. The first-order valence-electron chi connectivity index (χ1n) is 15.3. The molecule has 0 saturated carbocycles. The summed E-state index contributed by atoms with van der Waals surface area (Å²) in [5, 5.41) is 1.02. The van der Waals surface area contributed by atoms with Crippen molar-refractivity contribution in [2.45, 2.75) is 19.3 Å². The molecule has 4 aromatic carbocycles. The molecule has 8 amide bonds. The lowest BCUT2D eigenvalue weighted by atomic mass is 9.85. The highest BCUT2D eigenvalue weighted by Gasteiger charge is 2.42. The number of imide groups is 4. The minimum absolute atomic E-state index is 0.0174. The van der Waals surface area contributed by atoms with Gasteiger partial charge in [0.25, 0.3) is 47.3 Å². The van der Waals surface area contributed by atoms with Crippen LogP contribution in [0.25, 0.3) is 21.5 Å². The summed E-state index contributed by atoms with van der Waals surface area (Å²) in [6.45, 7) is -0.180. The number of nitrogens with zero attached hydrogens (tertiary/aromatic N) is 4. The average molecular weight is 627 g/mol.